The molecule has 0 bridgehead atoms. The van der Waals surface area contributed by atoms with Gasteiger partial charge >= 0.3 is 0 Å². The number of hydrogen-bond donors (Lipinski definition) is 0. The second-order valence-corrected chi connectivity index (χ2v) is 5.23. The molecule has 0 unspecified atom stereocenters. The fourth-order valence-corrected chi connectivity index (χ4v) is 2.48. The number of aryl methyl sites for hydroxylation is 1. The van der Waals surface area contributed by atoms with Crippen LogP contribution in [0.15, 0.2) is 67.1 Å². The summed E-state index contributed by atoms with van der Waals surface area (Å²) in [7, 11) is 0. The lowest BCUT2D eigenvalue weighted by atomic mass is 10.2. The van der Waals surface area contributed by atoms with E-state index in [9.17, 15) is 0 Å². The van der Waals surface area contributed by atoms with Crippen molar-refractivity contribution in [1.82, 2.24) is 20.0 Å². The SMILES string of the molecule is Cc1ccccc1Oc1ccnc2cc(-n3ccnn3)ccc12. The van der Waals surface area contributed by atoms with Crippen molar-refractivity contribution in [2.45, 2.75) is 6.92 Å². The fraction of sp³-hybridized carbons (Fsp3) is 0.0556. The maximum absolute atomic E-state index is 6.08. The Morgan fingerprint density at radius 2 is 1.87 bits per heavy atom. The molecule has 5 nitrogen and oxygen atoms in total. The molecule has 112 valence electrons. The number of nitrogens with zero attached hydrogens (tertiary/aromatic N) is 4. The number of hydrogen-bond acceptors (Lipinski definition) is 4. The molecule has 2 aromatic heterocycles. The van der Waals surface area contributed by atoms with Crippen LogP contribution < -0.4 is 4.74 Å². The van der Waals surface area contributed by atoms with Gasteiger partial charge in [-0.05, 0) is 42.8 Å². The molecule has 4 rings (SSSR count). The second-order valence-electron chi connectivity index (χ2n) is 5.23. The van der Waals surface area contributed by atoms with Crippen molar-refractivity contribution >= 4 is 10.9 Å². The maximum atomic E-state index is 6.08. The molecular formula is C18H14N4O. The van der Waals surface area contributed by atoms with Crippen molar-refractivity contribution < 1.29 is 4.74 Å². The zero-order chi connectivity index (χ0) is 15.6. The zero-order valence-corrected chi connectivity index (χ0v) is 12.5. The van der Waals surface area contributed by atoms with Crippen LogP contribution in [-0.2, 0) is 0 Å². The van der Waals surface area contributed by atoms with Crippen LogP contribution in [0.3, 0.4) is 0 Å². The average molecular weight is 302 g/mol. The van der Waals surface area contributed by atoms with Crippen LogP contribution in [-0.4, -0.2) is 20.0 Å². The molecule has 0 amide bonds. The predicted octanol–water partition coefficient (Wildman–Crippen LogP) is 3.92. The molecule has 0 aliphatic carbocycles. The molecule has 0 fully saturated rings. The molecular weight excluding hydrogens is 288 g/mol. The molecule has 0 spiro atoms. The third-order valence-corrected chi connectivity index (χ3v) is 3.69. The van der Waals surface area contributed by atoms with Gasteiger partial charge in [0, 0.05) is 11.6 Å². The minimum absolute atomic E-state index is 0.787. The van der Waals surface area contributed by atoms with Gasteiger partial charge in [-0.3, -0.25) is 4.98 Å². The number of benzene rings is 2. The highest BCUT2D eigenvalue weighted by molar-refractivity contribution is 5.86. The summed E-state index contributed by atoms with van der Waals surface area (Å²) in [5, 5.41) is 8.79. The molecule has 2 heterocycles. The number of para-hydroxylation sites is 1. The highest BCUT2D eigenvalue weighted by Gasteiger charge is 2.08. The first kappa shape index (κ1) is 13.5. The minimum Gasteiger partial charge on any atom is -0.456 e. The fourth-order valence-electron chi connectivity index (χ4n) is 2.48. The topological polar surface area (TPSA) is 52.8 Å². The smallest absolute Gasteiger partial charge is 0.138 e. The quantitative estimate of drug-likeness (QED) is 0.575. The molecule has 0 saturated carbocycles. The summed E-state index contributed by atoms with van der Waals surface area (Å²) in [4.78, 5) is 4.43. The highest BCUT2D eigenvalue weighted by atomic mass is 16.5. The zero-order valence-electron chi connectivity index (χ0n) is 12.5. The lowest BCUT2D eigenvalue weighted by molar-refractivity contribution is 0.484. The van der Waals surface area contributed by atoms with Gasteiger partial charge in [-0.25, -0.2) is 4.68 Å². The Bertz CT molecular complexity index is 964. The van der Waals surface area contributed by atoms with Gasteiger partial charge in [0.15, 0.2) is 0 Å². The average Bonchev–Trinajstić information content (AvgIpc) is 3.11. The third-order valence-electron chi connectivity index (χ3n) is 3.69. The Morgan fingerprint density at radius 1 is 0.957 bits per heavy atom. The van der Waals surface area contributed by atoms with Gasteiger partial charge in [-0.1, -0.05) is 23.4 Å². The van der Waals surface area contributed by atoms with Gasteiger partial charge in [-0.15, -0.1) is 5.10 Å². The van der Waals surface area contributed by atoms with Gasteiger partial charge < -0.3 is 4.74 Å². The molecule has 0 atom stereocenters. The second kappa shape index (κ2) is 5.53. The summed E-state index contributed by atoms with van der Waals surface area (Å²) in [5.41, 5.74) is 2.86. The molecule has 0 saturated heterocycles. The van der Waals surface area contributed by atoms with Crippen molar-refractivity contribution in [2.75, 3.05) is 0 Å². The van der Waals surface area contributed by atoms with Gasteiger partial charge in [0.2, 0.25) is 0 Å². The molecule has 0 aliphatic heterocycles. The number of aromatic nitrogens is 4. The minimum atomic E-state index is 0.787. The lowest BCUT2D eigenvalue weighted by Crippen LogP contribution is -1.96. The number of rotatable bonds is 3. The summed E-state index contributed by atoms with van der Waals surface area (Å²) in [6, 6.07) is 15.8. The van der Waals surface area contributed by atoms with Crippen LogP contribution in [0, 0.1) is 6.92 Å². The van der Waals surface area contributed by atoms with E-state index in [2.05, 4.69) is 15.3 Å². The van der Waals surface area contributed by atoms with E-state index in [1.807, 2.05) is 55.5 Å². The standard InChI is InChI=1S/C18H14N4O/c1-13-4-2-3-5-17(13)23-18-8-9-19-16-12-14(6-7-15(16)18)22-11-10-20-21-22/h2-12H,1H3. The summed E-state index contributed by atoms with van der Waals surface area (Å²) >= 11 is 0. The first-order valence-corrected chi connectivity index (χ1v) is 7.30. The Labute approximate surface area is 133 Å². The summed E-state index contributed by atoms with van der Waals surface area (Å²) in [5.74, 6) is 1.63. The van der Waals surface area contributed by atoms with Gasteiger partial charge in [0.25, 0.3) is 0 Å². The number of pyridine rings is 1. The van der Waals surface area contributed by atoms with Crippen LogP contribution >= 0.6 is 0 Å². The van der Waals surface area contributed by atoms with Crippen LogP contribution in [0.2, 0.25) is 0 Å². The van der Waals surface area contributed by atoms with E-state index >= 15 is 0 Å². The van der Waals surface area contributed by atoms with E-state index in [0.29, 0.717) is 0 Å². The predicted molar refractivity (Wildman–Crippen MR) is 87.9 cm³/mol. The molecule has 0 aliphatic rings. The number of ether oxygens (including phenoxy) is 1. The van der Waals surface area contributed by atoms with Crippen LogP contribution in [0.25, 0.3) is 16.6 Å². The first-order valence-electron chi connectivity index (χ1n) is 7.30. The normalized spacial score (nSPS) is 10.8. The van der Waals surface area contributed by atoms with Gasteiger partial charge in [0.1, 0.15) is 11.5 Å². The molecule has 4 aromatic rings. The molecule has 2 aromatic carbocycles. The van der Waals surface area contributed by atoms with E-state index < -0.39 is 0 Å². The van der Waals surface area contributed by atoms with E-state index in [1.54, 1.807) is 23.3 Å². The van der Waals surface area contributed by atoms with Gasteiger partial charge in [-0.2, -0.15) is 0 Å². The van der Waals surface area contributed by atoms with E-state index in [1.165, 1.54) is 0 Å². The highest BCUT2D eigenvalue weighted by Crippen LogP contribution is 2.31. The largest absolute Gasteiger partial charge is 0.456 e. The summed E-state index contributed by atoms with van der Waals surface area (Å²) in [6.45, 7) is 2.03. The Hall–Kier alpha value is -3.21. The van der Waals surface area contributed by atoms with Crippen LogP contribution in [0.1, 0.15) is 5.56 Å². The Kier molecular flexibility index (Phi) is 3.24. The molecule has 23 heavy (non-hydrogen) atoms. The lowest BCUT2D eigenvalue weighted by Gasteiger charge is -2.11. The third kappa shape index (κ3) is 2.53. The molecule has 0 radical (unpaired) electrons. The summed E-state index contributed by atoms with van der Waals surface area (Å²) in [6.07, 6.45) is 5.20. The van der Waals surface area contributed by atoms with E-state index in [-0.39, 0.29) is 0 Å². The Balaban J connectivity index is 1.78. The van der Waals surface area contributed by atoms with E-state index in [0.717, 1.165) is 33.7 Å². The van der Waals surface area contributed by atoms with Crippen molar-refractivity contribution in [2.24, 2.45) is 0 Å². The molecule has 5 heteroatoms. The van der Waals surface area contributed by atoms with E-state index in [4.69, 9.17) is 4.74 Å². The first-order chi connectivity index (χ1) is 11.3. The van der Waals surface area contributed by atoms with Crippen molar-refractivity contribution in [3.63, 3.8) is 0 Å². The van der Waals surface area contributed by atoms with Crippen molar-refractivity contribution in [1.29, 1.82) is 0 Å². The number of fused-ring (bicyclic) bond motifs is 1. The van der Waals surface area contributed by atoms with Crippen LogP contribution in [0.4, 0.5) is 0 Å². The summed E-state index contributed by atoms with van der Waals surface area (Å²) < 4.78 is 7.78. The maximum Gasteiger partial charge on any atom is 0.138 e. The van der Waals surface area contributed by atoms with Crippen LogP contribution in [0.5, 0.6) is 11.5 Å². The van der Waals surface area contributed by atoms with Crippen molar-refractivity contribution in [3.05, 3.63) is 72.7 Å². The molecule has 0 N–H and O–H groups in total. The van der Waals surface area contributed by atoms with Gasteiger partial charge in [0.05, 0.1) is 23.6 Å². The Morgan fingerprint density at radius 3 is 2.70 bits per heavy atom. The van der Waals surface area contributed by atoms with Crippen molar-refractivity contribution in [3.8, 4) is 17.2 Å². The monoisotopic (exact) mass is 302 g/mol.